The van der Waals surface area contributed by atoms with Gasteiger partial charge in [-0.3, -0.25) is 9.59 Å². The second-order valence-corrected chi connectivity index (χ2v) is 7.61. The van der Waals surface area contributed by atoms with Crippen LogP contribution < -0.4 is 11.1 Å². The van der Waals surface area contributed by atoms with E-state index in [1.165, 1.54) is 22.3 Å². The monoisotopic (exact) mass is 427 g/mol. The number of nitrogens with one attached hydrogen (secondary N) is 2. The van der Waals surface area contributed by atoms with Gasteiger partial charge in [0.25, 0.3) is 5.91 Å². The minimum Gasteiger partial charge on any atom is -0.383 e. The zero-order chi connectivity index (χ0) is 21.8. The van der Waals surface area contributed by atoms with Crippen LogP contribution in [0.15, 0.2) is 18.6 Å². The van der Waals surface area contributed by atoms with Gasteiger partial charge in [-0.25, -0.2) is 19.9 Å². The number of carbonyl (C=O) groups is 2. The molecule has 12 heteroatoms. The van der Waals surface area contributed by atoms with Crippen molar-refractivity contribution in [3.8, 4) is 0 Å². The molecule has 30 heavy (non-hydrogen) atoms. The van der Waals surface area contributed by atoms with Crippen molar-refractivity contribution < 1.29 is 9.59 Å². The number of hydrogen-bond acceptors (Lipinski definition) is 10. The highest BCUT2D eigenvalue weighted by Gasteiger charge is 2.20. The molecule has 0 aromatic carbocycles. The summed E-state index contributed by atoms with van der Waals surface area (Å²) in [6.45, 7) is 0.284. The maximum absolute atomic E-state index is 12.7. The number of nitrogens with two attached hydrogens (primary N) is 1. The van der Waals surface area contributed by atoms with Crippen LogP contribution in [0.3, 0.4) is 0 Å². The first kappa shape index (κ1) is 21.0. The van der Waals surface area contributed by atoms with Gasteiger partial charge in [0.2, 0.25) is 5.91 Å². The van der Waals surface area contributed by atoms with E-state index in [0.717, 1.165) is 17.6 Å². The van der Waals surface area contributed by atoms with Crippen molar-refractivity contribution in [2.45, 2.75) is 6.42 Å². The summed E-state index contributed by atoms with van der Waals surface area (Å²) in [5.41, 5.74) is 7.20. The molecular weight excluding hydrogens is 406 g/mol. The van der Waals surface area contributed by atoms with Crippen molar-refractivity contribution in [2.75, 3.05) is 38.7 Å². The molecule has 3 aromatic rings. The Balaban J connectivity index is 1.82. The van der Waals surface area contributed by atoms with E-state index in [4.69, 9.17) is 11.1 Å². The van der Waals surface area contributed by atoms with E-state index in [0.29, 0.717) is 27.4 Å². The molecule has 0 fully saturated rings. The van der Waals surface area contributed by atoms with Crippen LogP contribution in [-0.4, -0.2) is 75.5 Å². The van der Waals surface area contributed by atoms with E-state index in [2.05, 4.69) is 25.3 Å². The summed E-state index contributed by atoms with van der Waals surface area (Å²) in [7, 11) is 4.97. The van der Waals surface area contributed by atoms with E-state index >= 15 is 0 Å². The third-order valence-electron chi connectivity index (χ3n) is 4.25. The zero-order valence-corrected chi connectivity index (χ0v) is 17.5. The van der Waals surface area contributed by atoms with Crippen LogP contribution in [-0.2, 0) is 4.79 Å². The quantitative estimate of drug-likeness (QED) is 0.477. The number of nitrogens with zero attached hydrogens (tertiary/aromatic N) is 6. The normalized spacial score (nSPS) is 10.6. The third kappa shape index (κ3) is 4.49. The van der Waals surface area contributed by atoms with Crippen LogP contribution in [0, 0.1) is 5.41 Å². The van der Waals surface area contributed by atoms with E-state index in [-0.39, 0.29) is 35.6 Å². The summed E-state index contributed by atoms with van der Waals surface area (Å²) >= 11 is 1.15. The molecule has 0 aliphatic heterocycles. The van der Waals surface area contributed by atoms with Crippen LogP contribution >= 0.6 is 11.3 Å². The Kier molecular flexibility index (Phi) is 6.16. The maximum atomic E-state index is 12.7. The smallest absolute Gasteiger partial charge is 0.282 e. The number of pyridine rings is 1. The van der Waals surface area contributed by atoms with Crippen LogP contribution in [0.1, 0.15) is 21.8 Å². The molecule has 0 radical (unpaired) electrons. The molecule has 3 aromatic heterocycles. The van der Waals surface area contributed by atoms with Crippen molar-refractivity contribution in [3.05, 3.63) is 29.2 Å². The summed E-state index contributed by atoms with van der Waals surface area (Å²) in [5.74, 6) is 0.303. The Labute approximate surface area is 176 Å². The standard InChI is InChI=1S/C18H21N9O2S/c1-26(2)12(28)4-5-27(3)18(29)17-25-13-15(22-9-23-16(13)30-17)24-11-6-10(7-19)14(20)21-8-11/h6-9,19H,4-5H2,1-3H3,(H2,20,21)(H,22,23,24). The molecule has 0 saturated carbocycles. The molecule has 2 amide bonds. The number of aromatic nitrogens is 4. The van der Waals surface area contributed by atoms with Crippen molar-refractivity contribution >= 4 is 57.0 Å². The lowest BCUT2D eigenvalue weighted by molar-refractivity contribution is -0.128. The second kappa shape index (κ2) is 8.78. The molecule has 3 heterocycles. The number of carbonyl (C=O) groups excluding carboxylic acids is 2. The van der Waals surface area contributed by atoms with E-state index in [1.807, 2.05) is 0 Å². The highest BCUT2D eigenvalue weighted by Crippen LogP contribution is 2.27. The van der Waals surface area contributed by atoms with Gasteiger partial charge in [-0.2, -0.15) is 0 Å². The fourth-order valence-corrected chi connectivity index (χ4v) is 3.40. The lowest BCUT2D eigenvalue weighted by atomic mass is 10.2. The van der Waals surface area contributed by atoms with Gasteiger partial charge in [0.15, 0.2) is 10.8 Å². The SMILES string of the molecule is CN(C)C(=O)CCN(C)C(=O)c1nc2c(Nc3cnc(N)c(C=N)c3)ncnc2s1. The molecule has 156 valence electrons. The van der Waals surface area contributed by atoms with Gasteiger partial charge in [0.1, 0.15) is 22.5 Å². The number of anilines is 3. The lowest BCUT2D eigenvalue weighted by Crippen LogP contribution is -2.32. The number of amides is 2. The zero-order valence-electron chi connectivity index (χ0n) is 16.7. The summed E-state index contributed by atoms with van der Waals surface area (Å²) in [5, 5.41) is 10.7. The first-order chi connectivity index (χ1) is 14.3. The number of hydrogen-bond donors (Lipinski definition) is 3. The van der Waals surface area contributed by atoms with Gasteiger partial charge >= 0.3 is 0 Å². The van der Waals surface area contributed by atoms with Crippen molar-refractivity contribution in [2.24, 2.45) is 0 Å². The average Bonchev–Trinajstić information content (AvgIpc) is 3.17. The van der Waals surface area contributed by atoms with Crippen LogP contribution in [0.4, 0.5) is 17.3 Å². The Morgan fingerprint density at radius 1 is 1.27 bits per heavy atom. The average molecular weight is 427 g/mol. The Morgan fingerprint density at radius 3 is 2.73 bits per heavy atom. The van der Waals surface area contributed by atoms with Crippen molar-refractivity contribution in [1.29, 1.82) is 5.41 Å². The van der Waals surface area contributed by atoms with Gasteiger partial charge in [-0.15, -0.1) is 0 Å². The highest BCUT2D eigenvalue weighted by molar-refractivity contribution is 7.19. The number of fused-ring (bicyclic) bond motifs is 1. The highest BCUT2D eigenvalue weighted by atomic mass is 32.1. The van der Waals surface area contributed by atoms with E-state index in [9.17, 15) is 9.59 Å². The minimum absolute atomic E-state index is 0.0577. The molecule has 0 bridgehead atoms. The summed E-state index contributed by atoms with van der Waals surface area (Å²) in [6, 6.07) is 1.66. The predicted octanol–water partition coefficient (Wildman–Crippen LogP) is 1.36. The molecule has 0 unspecified atom stereocenters. The summed E-state index contributed by atoms with van der Waals surface area (Å²) in [6.07, 6.45) is 4.23. The molecule has 11 nitrogen and oxygen atoms in total. The molecule has 0 aliphatic rings. The van der Waals surface area contributed by atoms with Crippen molar-refractivity contribution in [1.82, 2.24) is 29.7 Å². The lowest BCUT2D eigenvalue weighted by Gasteiger charge is -2.17. The maximum Gasteiger partial charge on any atom is 0.282 e. The third-order valence-corrected chi connectivity index (χ3v) is 5.20. The molecule has 3 rings (SSSR count). The Bertz CT molecular complexity index is 1110. The first-order valence-corrected chi connectivity index (χ1v) is 9.72. The van der Waals surface area contributed by atoms with Gasteiger partial charge in [-0.1, -0.05) is 11.3 Å². The first-order valence-electron chi connectivity index (χ1n) is 8.90. The van der Waals surface area contributed by atoms with Crippen LogP contribution in [0.5, 0.6) is 0 Å². The van der Waals surface area contributed by atoms with E-state index in [1.54, 1.807) is 27.2 Å². The van der Waals surface area contributed by atoms with Crippen LogP contribution in [0.2, 0.25) is 0 Å². The Hall–Kier alpha value is -3.67. The number of rotatable bonds is 7. The molecule has 0 aliphatic carbocycles. The van der Waals surface area contributed by atoms with E-state index < -0.39 is 0 Å². The Morgan fingerprint density at radius 2 is 2.03 bits per heavy atom. The van der Waals surface area contributed by atoms with Gasteiger partial charge < -0.3 is 26.3 Å². The van der Waals surface area contributed by atoms with Gasteiger partial charge in [0, 0.05) is 45.9 Å². The van der Waals surface area contributed by atoms with Crippen molar-refractivity contribution in [3.63, 3.8) is 0 Å². The summed E-state index contributed by atoms with van der Waals surface area (Å²) < 4.78 is 0. The second-order valence-electron chi connectivity index (χ2n) is 6.63. The number of nitrogen functional groups attached to an aromatic ring is 1. The fraction of sp³-hybridized carbons (Fsp3) is 0.278. The van der Waals surface area contributed by atoms with Crippen LogP contribution in [0.25, 0.3) is 10.3 Å². The molecule has 0 saturated heterocycles. The summed E-state index contributed by atoms with van der Waals surface area (Å²) in [4.78, 5) is 44.8. The fourth-order valence-electron chi connectivity index (χ4n) is 2.50. The minimum atomic E-state index is -0.296. The number of thiazole rings is 1. The topological polar surface area (TPSA) is 154 Å². The predicted molar refractivity (Wildman–Crippen MR) is 115 cm³/mol. The molecule has 4 N–H and O–H groups in total. The largest absolute Gasteiger partial charge is 0.383 e. The van der Waals surface area contributed by atoms with Gasteiger partial charge in [0.05, 0.1) is 11.9 Å². The molecule has 0 spiro atoms. The molecular formula is C18H21N9O2S. The van der Waals surface area contributed by atoms with Gasteiger partial charge in [-0.05, 0) is 6.07 Å². The molecule has 0 atom stereocenters.